The minimum absolute atomic E-state index is 0.181. The average Bonchev–Trinajstić information content (AvgIpc) is 2.39. The monoisotopic (exact) mass is 257 g/mol. The van der Waals surface area contributed by atoms with E-state index in [1.807, 2.05) is 0 Å². The number of nitrogens with zero attached hydrogens (tertiary/aromatic N) is 2. The SMILES string of the molecule is O=c1[nH]c2cc(F)ccc2c(=O)n1-c1ccncc1. The zero-order chi connectivity index (χ0) is 13.4. The summed E-state index contributed by atoms with van der Waals surface area (Å²) in [6.07, 6.45) is 2.96. The number of fused-ring (bicyclic) bond motifs is 1. The second-order valence-electron chi connectivity index (χ2n) is 3.97. The molecule has 5 nitrogen and oxygen atoms in total. The van der Waals surface area contributed by atoms with E-state index in [4.69, 9.17) is 0 Å². The van der Waals surface area contributed by atoms with Crippen molar-refractivity contribution in [2.45, 2.75) is 0 Å². The molecule has 0 spiro atoms. The van der Waals surface area contributed by atoms with Crippen LogP contribution in [0.15, 0.2) is 52.3 Å². The van der Waals surface area contributed by atoms with Crippen LogP contribution in [0.5, 0.6) is 0 Å². The highest BCUT2D eigenvalue weighted by Crippen LogP contribution is 2.08. The predicted molar refractivity (Wildman–Crippen MR) is 67.9 cm³/mol. The fraction of sp³-hybridized carbons (Fsp3) is 0. The molecule has 0 radical (unpaired) electrons. The van der Waals surface area contributed by atoms with Crippen molar-refractivity contribution >= 4 is 10.9 Å². The second-order valence-corrected chi connectivity index (χ2v) is 3.97. The summed E-state index contributed by atoms with van der Waals surface area (Å²) in [5.41, 5.74) is -0.521. The molecular weight excluding hydrogens is 249 g/mol. The van der Waals surface area contributed by atoms with Crippen LogP contribution in [0.3, 0.4) is 0 Å². The molecule has 0 aliphatic heterocycles. The Morgan fingerprint density at radius 1 is 1.11 bits per heavy atom. The third-order valence-electron chi connectivity index (χ3n) is 2.78. The van der Waals surface area contributed by atoms with E-state index in [0.29, 0.717) is 5.69 Å². The molecule has 6 heteroatoms. The van der Waals surface area contributed by atoms with Crippen molar-refractivity contribution in [3.8, 4) is 5.69 Å². The number of nitrogens with one attached hydrogen (secondary N) is 1. The number of hydrogen-bond donors (Lipinski definition) is 1. The number of hydrogen-bond acceptors (Lipinski definition) is 3. The molecule has 0 saturated heterocycles. The third kappa shape index (κ3) is 1.83. The number of rotatable bonds is 1. The molecule has 19 heavy (non-hydrogen) atoms. The van der Waals surface area contributed by atoms with Gasteiger partial charge in [0.15, 0.2) is 0 Å². The lowest BCUT2D eigenvalue weighted by Crippen LogP contribution is -2.33. The third-order valence-corrected chi connectivity index (χ3v) is 2.78. The first kappa shape index (κ1) is 11.3. The Bertz CT molecular complexity index is 868. The van der Waals surface area contributed by atoms with Gasteiger partial charge in [-0.1, -0.05) is 0 Å². The van der Waals surface area contributed by atoms with Gasteiger partial charge in [0.1, 0.15) is 5.82 Å². The van der Waals surface area contributed by atoms with Crippen molar-refractivity contribution in [1.82, 2.24) is 14.5 Å². The quantitative estimate of drug-likeness (QED) is 0.712. The molecule has 3 aromatic rings. The van der Waals surface area contributed by atoms with E-state index < -0.39 is 17.1 Å². The first-order chi connectivity index (χ1) is 9.16. The van der Waals surface area contributed by atoms with Gasteiger partial charge >= 0.3 is 5.69 Å². The maximum absolute atomic E-state index is 13.1. The van der Waals surface area contributed by atoms with Crippen molar-refractivity contribution in [3.63, 3.8) is 0 Å². The van der Waals surface area contributed by atoms with Gasteiger partial charge in [-0.2, -0.15) is 0 Å². The van der Waals surface area contributed by atoms with E-state index in [1.54, 1.807) is 12.1 Å². The minimum atomic E-state index is -0.616. The Hall–Kier alpha value is -2.76. The highest BCUT2D eigenvalue weighted by atomic mass is 19.1. The van der Waals surface area contributed by atoms with Gasteiger partial charge in [0.25, 0.3) is 5.56 Å². The van der Waals surface area contributed by atoms with Crippen LogP contribution in [0.2, 0.25) is 0 Å². The molecule has 0 saturated carbocycles. The van der Waals surface area contributed by atoms with Crippen LogP contribution in [-0.2, 0) is 0 Å². The van der Waals surface area contributed by atoms with E-state index in [-0.39, 0.29) is 10.9 Å². The van der Waals surface area contributed by atoms with E-state index in [0.717, 1.165) is 10.6 Å². The molecule has 0 unspecified atom stereocenters. The highest BCUT2D eigenvalue weighted by molar-refractivity contribution is 5.77. The lowest BCUT2D eigenvalue weighted by molar-refractivity contribution is 0.629. The zero-order valence-corrected chi connectivity index (χ0v) is 9.63. The number of aromatic amines is 1. The van der Waals surface area contributed by atoms with Crippen molar-refractivity contribution in [2.24, 2.45) is 0 Å². The molecule has 1 N–H and O–H groups in total. The summed E-state index contributed by atoms with van der Waals surface area (Å²) in [5.74, 6) is -0.510. The lowest BCUT2D eigenvalue weighted by Gasteiger charge is -2.05. The van der Waals surface area contributed by atoms with E-state index in [1.165, 1.54) is 24.5 Å². The summed E-state index contributed by atoms with van der Waals surface area (Å²) in [4.78, 5) is 30.5. The Morgan fingerprint density at radius 2 is 1.84 bits per heavy atom. The lowest BCUT2D eigenvalue weighted by atomic mass is 10.2. The first-order valence-corrected chi connectivity index (χ1v) is 5.52. The first-order valence-electron chi connectivity index (χ1n) is 5.52. The summed E-state index contributed by atoms with van der Waals surface area (Å²) >= 11 is 0. The fourth-order valence-electron chi connectivity index (χ4n) is 1.92. The maximum Gasteiger partial charge on any atom is 0.333 e. The Balaban J connectivity index is 2.43. The summed E-state index contributed by atoms with van der Waals surface area (Å²) in [5, 5.41) is 0.248. The molecule has 0 atom stereocenters. The number of pyridine rings is 1. The van der Waals surface area contributed by atoms with Crippen molar-refractivity contribution in [1.29, 1.82) is 0 Å². The molecule has 0 amide bonds. The van der Waals surface area contributed by atoms with Crippen LogP contribution in [0, 0.1) is 5.82 Å². The average molecular weight is 257 g/mol. The normalized spacial score (nSPS) is 10.8. The van der Waals surface area contributed by atoms with Crippen LogP contribution < -0.4 is 11.2 Å². The predicted octanol–water partition coefficient (Wildman–Crippen LogP) is 1.21. The van der Waals surface area contributed by atoms with Crippen molar-refractivity contribution in [2.75, 3.05) is 0 Å². The molecule has 2 heterocycles. The summed E-state index contributed by atoms with van der Waals surface area (Å²) < 4.78 is 14.1. The molecule has 94 valence electrons. The smallest absolute Gasteiger partial charge is 0.306 e. The molecule has 0 aliphatic carbocycles. The number of halogens is 1. The molecule has 2 aromatic heterocycles. The number of aromatic nitrogens is 3. The van der Waals surface area contributed by atoms with E-state index in [2.05, 4.69) is 9.97 Å². The standard InChI is InChI=1S/C13H8FN3O2/c14-8-1-2-10-11(7-8)16-13(19)17(12(10)18)9-3-5-15-6-4-9/h1-7H,(H,16,19). The number of H-pyrrole nitrogens is 1. The minimum Gasteiger partial charge on any atom is -0.306 e. The summed E-state index contributed by atoms with van der Waals surface area (Å²) in [7, 11) is 0. The van der Waals surface area contributed by atoms with Crippen LogP contribution >= 0.6 is 0 Å². The Kier molecular flexibility index (Phi) is 2.49. The topological polar surface area (TPSA) is 67.8 Å². The number of benzene rings is 1. The van der Waals surface area contributed by atoms with Gasteiger partial charge in [-0.25, -0.2) is 13.8 Å². The van der Waals surface area contributed by atoms with Gasteiger partial charge in [-0.05, 0) is 30.3 Å². The van der Waals surface area contributed by atoms with Gasteiger partial charge in [0.2, 0.25) is 0 Å². The van der Waals surface area contributed by atoms with Crippen LogP contribution in [0.4, 0.5) is 4.39 Å². The van der Waals surface area contributed by atoms with Crippen LogP contribution in [0.25, 0.3) is 16.6 Å². The van der Waals surface area contributed by atoms with Gasteiger partial charge in [-0.15, -0.1) is 0 Å². The van der Waals surface area contributed by atoms with E-state index >= 15 is 0 Å². The van der Waals surface area contributed by atoms with Crippen molar-refractivity contribution in [3.05, 3.63) is 69.4 Å². The second kappa shape index (κ2) is 4.16. The molecule has 0 bridgehead atoms. The fourth-order valence-corrected chi connectivity index (χ4v) is 1.92. The molecular formula is C13H8FN3O2. The van der Waals surface area contributed by atoms with Gasteiger partial charge in [0, 0.05) is 12.4 Å². The van der Waals surface area contributed by atoms with Gasteiger partial charge < -0.3 is 4.98 Å². The van der Waals surface area contributed by atoms with Crippen molar-refractivity contribution < 1.29 is 4.39 Å². The maximum atomic E-state index is 13.1. The van der Waals surface area contributed by atoms with E-state index in [9.17, 15) is 14.0 Å². The summed E-state index contributed by atoms with van der Waals surface area (Å²) in [6.45, 7) is 0. The highest BCUT2D eigenvalue weighted by Gasteiger charge is 2.09. The molecule has 3 rings (SSSR count). The molecule has 1 aromatic carbocycles. The Morgan fingerprint density at radius 3 is 2.58 bits per heavy atom. The largest absolute Gasteiger partial charge is 0.333 e. The Labute approximate surface area is 106 Å². The zero-order valence-electron chi connectivity index (χ0n) is 9.63. The summed E-state index contributed by atoms with van der Waals surface area (Å²) in [6, 6.07) is 6.74. The van der Waals surface area contributed by atoms with Crippen LogP contribution in [0.1, 0.15) is 0 Å². The molecule has 0 fully saturated rings. The van der Waals surface area contributed by atoms with Gasteiger partial charge in [0.05, 0.1) is 16.6 Å². The van der Waals surface area contributed by atoms with Crippen LogP contribution in [-0.4, -0.2) is 14.5 Å². The van der Waals surface area contributed by atoms with Gasteiger partial charge in [-0.3, -0.25) is 9.78 Å². The molecule has 0 aliphatic rings.